The number of nitrogens with one attached hydrogen (secondary N) is 1. The molecule has 1 N–H and O–H groups in total. The monoisotopic (exact) mass is 544 g/mol. The highest BCUT2D eigenvalue weighted by Gasteiger charge is 2.27. The summed E-state index contributed by atoms with van der Waals surface area (Å²) in [5.74, 6) is -0.657. The van der Waals surface area contributed by atoms with Gasteiger partial charge in [-0.1, -0.05) is 0 Å². The molecule has 1 aliphatic heterocycles. The van der Waals surface area contributed by atoms with E-state index in [-0.39, 0.29) is 15.5 Å². The standard InChI is InChI=1S/C21H28N4O7S3/c1-23(2)34(29,30)19-12-8-18(9-13-19)25(33(3,27)28)16-21(26)22-17-6-10-20(11-7-17)35(31,32)24-14-4-5-15-24/h6-13H,4-5,14-16H2,1-3H3,(H,22,26). The molecule has 192 valence electrons. The summed E-state index contributed by atoms with van der Waals surface area (Å²) in [7, 11) is -8.41. The van der Waals surface area contributed by atoms with Crippen LogP contribution in [0.3, 0.4) is 0 Å². The van der Waals surface area contributed by atoms with Gasteiger partial charge in [0.15, 0.2) is 0 Å². The molecule has 1 amide bonds. The second-order valence-electron chi connectivity index (χ2n) is 8.23. The number of nitrogens with zero attached hydrogens (tertiary/aromatic N) is 3. The van der Waals surface area contributed by atoms with Gasteiger partial charge in [-0.2, -0.15) is 4.31 Å². The maximum atomic E-state index is 12.6. The summed E-state index contributed by atoms with van der Waals surface area (Å²) in [6.07, 6.45) is 2.57. The van der Waals surface area contributed by atoms with Gasteiger partial charge in [-0.3, -0.25) is 9.10 Å². The molecule has 0 atom stereocenters. The normalized spacial score (nSPS) is 15.3. The zero-order chi connectivity index (χ0) is 26.0. The molecule has 11 nitrogen and oxygen atoms in total. The van der Waals surface area contributed by atoms with Gasteiger partial charge >= 0.3 is 0 Å². The Hall–Kier alpha value is -2.52. The first kappa shape index (κ1) is 27.1. The molecule has 14 heteroatoms. The number of amides is 1. The second kappa shape index (κ2) is 10.2. The van der Waals surface area contributed by atoms with E-state index in [0.717, 1.165) is 27.7 Å². The lowest BCUT2D eigenvalue weighted by Gasteiger charge is -2.22. The van der Waals surface area contributed by atoms with E-state index in [9.17, 15) is 30.0 Å². The molecule has 2 aromatic rings. The number of carbonyl (C=O) groups excluding carboxylic acids is 1. The molecule has 1 saturated heterocycles. The first-order valence-corrected chi connectivity index (χ1v) is 15.4. The van der Waals surface area contributed by atoms with Crippen LogP contribution in [0.2, 0.25) is 0 Å². The van der Waals surface area contributed by atoms with Crippen LogP contribution in [0.15, 0.2) is 58.3 Å². The van der Waals surface area contributed by atoms with Crippen molar-refractivity contribution in [1.29, 1.82) is 0 Å². The Bertz CT molecular complexity index is 1380. The minimum absolute atomic E-state index is 0.0203. The fourth-order valence-electron chi connectivity index (χ4n) is 3.51. The van der Waals surface area contributed by atoms with Gasteiger partial charge in [0.2, 0.25) is 36.0 Å². The van der Waals surface area contributed by atoms with Crippen LogP contribution in [0.5, 0.6) is 0 Å². The van der Waals surface area contributed by atoms with Crippen LogP contribution in [0.1, 0.15) is 12.8 Å². The minimum Gasteiger partial charge on any atom is -0.325 e. The van der Waals surface area contributed by atoms with Gasteiger partial charge in [-0.25, -0.2) is 29.6 Å². The molecule has 3 rings (SSSR count). The van der Waals surface area contributed by atoms with E-state index in [2.05, 4.69) is 5.32 Å². The molecule has 0 bridgehead atoms. The van der Waals surface area contributed by atoms with Crippen molar-refractivity contribution in [2.75, 3.05) is 49.6 Å². The molecule has 1 heterocycles. The fraction of sp³-hybridized carbons (Fsp3) is 0.381. The van der Waals surface area contributed by atoms with Gasteiger partial charge in [0, 0.05) is 32.9 Å². The van der Waals surface area contributed by atoms with E-state index in [1.54, 1.807) is 0 Å². The van der Waals surface area contributed by atoms with Crippen molar-refractivity contribution < 1.29 is 30.0 Å². The van der Waals surface area contributed by atoms with Crippen molar-refractivity contribution in [2.24, 2.45) is 0 Å². The number of sulfonamides is 3. The molecule has 35 heavy (non-hydrogen) atoms. The van der Waals surface area contributed by atoms with Gasteiger partial charge < -0.3 is 5.32 Å². The lowest BCUT2D eigenvalue weighted by Crippen LogP contribution is -2.37. The third kappa shape index (κ3) is 6.19. The highest BCUT2D eigenvalue weighted by atomic mass is 32.2. The number of hydrogen-bond donors (Lipinski definition) is 1. The Morgan fingerprint density at radius 1 is 0.857 bits per heavy atom. The van der Waals surface area contributed by atoms with E-state index < -0.39 is 42.5 Å². The van der Waals surface area contributed by atoms with Gasteiger partial charge in [0.25, 0.3) is 0 Å². The summed E-state index contributed by atoms with van der Waals surface area (Å²) in [6, 6.07) is 10.8. The predicted molar refractivity (Wildman–Crippen MR) is 133 cm³/mol. The summed E-state index contributed by atoms with van der Waals surface area (Å²) in [6.45, 7) is 0.390. The largest absolute Gasteiger partial charge is 0.325 e. The van der Waals surface area contributed by atoms with Crippen LogP contribution in [0, 0.1) is 0 Å². The molecular weight excluding hydrogens is 516 g/mol. The van der Waals surface area contributed by atoms with E-state index in [1.807, 2.05) is 0 Å². The third-order valence-electron chi connectivity index (χ3n) is 5.43. The Labute approximate surface area is 206 Å². The molecule has 1 aliphatic rings. The molecule has 0 saturated carbocycles. The molecule has 0 unspecified atom stereocenters. The molecular formula is C21H28N4O7S3. The minimum atomic E-state index is -3.88. The van der Waals surface area contributed by atoms with Crippen molar-refractivity contribution in [3.63, 3.8) is 0 Å². The van der Waals surface area contributed by atoms with Crippen molar-refractivity contribution >= 4 is 47.4 Å². The number of carbonyl (C=O) groups is 1. The smallest absolute Gasteiger partial charge is 0.245 e. The van der Waals surface area contributed by atoms with Crippen molar-refractivity contribution in [1.82, 2.24) is 8.61 Å². The zero-order valence-corrected chi connectivity index (χ0v) is 22.0. The number of rotatable bonds is 9. The molecule has 0 aliphatic carbocycles. The van der Waals surface area contributed by atoms with Crippen LogP contribution in [-0.4, -0.2) is 79.8 Å². The van der Waals surface area contributed by atoms with Crippen LogP contribution in [0.25, 0.3) is 0 Å². The Morgan fingerprint density at radius 3 is 1.86 bits per heavy atom. The van der Waals surface area contributed by atoms with Gasteiger partial charge in [-0.15, -0.1) is 0 Å². The second-order valence-corrected chi connectivity index (χ2v) is 14.2. The average Bonchev–Trinajstić information content (AvgIpc) is 3.33. The molecule has 0 radical (unpaired) electrons. The third-order valence-corrected chi connectivity index (χ3v) is 10.3. The van der Waals surface area contributed by atoms with Crippen LogP contribution < -0.4 is 9.62 Å². The van der Waals surface area contributed by atoms with E-state index in [0.29, 0.717) is 18.8 Å². The number of benzene rings is 2. The highest BCUT2D eigenvalue weighted by molar-refractivity contribution is 7.92. The Balaban J connectivity index is 1.74. The lowest BCUT2D eigenvalue weighted by molar-refractivity contribution is -0.114. The first-order chi connectivity index (χ1) is 16.2. The summed E-state index contributed by atoms with van der Waals surface area (Å²) in [5, 5.41) is 2.56. The average molecular weight is 545 g/mol. The van der Waals surface area contributed by atoms with Crippen molar-refractivity contribution in [2.45, 2.75) is 22.6 Å². The fourth-order valence-corrected chi connectivity index (χ4v) is 6.79. The lowest BCUT2D eigenvalue weighted by atomic mass is 10.3. The molecule has 1 fully saturated rings. The van der Waals surface area contributed by atoms with Crippen LogP contribution >= 0.6 is 0 Å². The molecule has 0 aromatic heterocycles. The maximum Gasteiger partial charge on any atom is 0.245 e. The summed E-state index contributed by atoms with van der Waals surface area (Å²) in [5.41, 5.74) is 0.420. The quantitative estimate of drug-likeness (QED) is 0.499. The van der Waals surface area contributed by atoms with Crippen molar-refractivity contribution in [3.8, 4) is 0 Å². The van der Waals surface area contributed by atoms with E-state index in [1.165, 1.54) is 66.9 Å². The van der Waals surface area contributed by atoms with Crippen LogP contribution in [0.4, 0.5) is 11.4 Å². The van der Waals surface area contributed by atoms with Crippen LogP contribution in [-0.2, 0) is 34.9 Å². The topological polar surface area (TPSA) is 141 Å². The van der Waals surface area contributed by atoms with Gasteiger partial charge in [0.1, 0.15) is 6.54 Å². The predicted octanol–water partition coefficient (Wildman–Crippen LogP) is 1.13. The van der Waals surface area contributed by atoms with E-state index >= 15 is 0 Å². The van der Waals surface area contributed by atoms with Gasteiger partial charge in [0.05, 0.1) is 21.7 Å². The summed E-state index contributed by atoms with van der Waals surface area (Å²) >= 11 is 0. The van der Waals surface area contributed by atoms with Crippen molar-refractivity contribution in [3.05, 3.63) is 48.5 Å². The Morgan fingerprint density at radius 2 is 1.37 bits per heavy atom. The molecule has 2 aromatic carbocycles. The number of anilines is 2. The van der Waals surface area contributed by atoms with E-state index in [4.69, 9.17) is 0 Å². The first-order valence-electron chi connectivity index (χ1n) is 10.6. The zero-order valence-electron chi connectivity index (χ0n) is 19.6. The van der Waals surface area contributed by atoms with Gasteiger partial charge in [-0.05, 0) is 61.4 Å². The SMILES string of the molecule is CN(C)S(=O)(=O)c1ccc(N(CC(=O)Nc2ccc(S(=O)(=O)N3CCCC3)cc2)S(C)(=O)=O)cc1. The maximum absolute atomic E-state index is 12.6. The highest BCUT2D eigenvalue weighted by Crippen LogP contribution is 2.24. The summed E-state index contributed by atoms with van der Waals surface area (Å²) in [4.78, 5) is 12.7. The number of hydrogen-bond acceptors (Lipinski definition) is 7. The summed E-state index contributed by atoms with van der Waals surface area (Å²) < 4.78 is 77.7. The molecule has 0 spiro atoms. The Kier molecular flexibility index (Phi) is 7.91.